The van der Waals surface area contributed by atoms with E-state index in [1.807, 2.05) is 74.8 Å². The number of anilines is 1. The Bertz CT molecular complexity index is 1410. The normalized spacial score (nSPS) is 14.4. The fourth-order valence-corrected chi connectivity index (χ4v) is 4.37. The lowest BCUT2D eigenvalue weighted by Crippen LogP contribution is -2.09. The molecular weight excluding hydrogens is 394 g/mol. The number of ketones is 1. The number of carbonyl (C=O) groups excluding carboxylic acids is 1. The summed E-state index contributed by atoms with van der Waals surface area (Å²) in [5.41, 5.74) is 6.83. The molecule has 0 saturated heterocycles. The highest BCUT2D eigenvalue weighted by molar-refractivity contribution is 6.18. The standard InChI is InChI=1S/C29H23NO2/c1-30(2)20-13-11-19(12-14-20)29(25-15-17-27(31)23-9-5-3-7-21(23)25)26-16-18-28(32)24-10-6-4-8-22(24)26/h3-18,31H,1-2H3/b29-26+. The van der Waals surface area contributed by atoms with Crippen LogP contribution >= 0.6 is 0 Å². The van der Waals surface area contributed by atoms with Crippen molar-refractivity contribution in [1.82, 2.24) is 0 Å². The SMILES string of the molecule is CN(C)c1ccc(/C(=C2/C=CC(=O)c3ccccc32)c2ccc(O)c3ccccc23)cc1. The number of allylic oxidation sites excluding steroid dienone is 3. The molecule has 0 radical (unpaired) electrons. The quantitative estimate of drug-likeness (QED) is 0.424. The number of hydrogen-bond donors (Lipinski definition) is 1. The van der Waals surface area contributed by atoms with Gasteiger partial charge >= 0.3 is 0 Å². The average molecular weight is 418 g/mol. The van der Waals surface area contributed by atoms with Crippen molar-refractivity contribution in [3.05, 3.63) is 119 Å². The van der Waals surface area contributed by atoms with E-state index in [1.54, 1.807) is 12.1 Å². The summed E-state index contributed by atoms with van der Waals surface area (Å²) in [5.74, 6) is 0.272. The molecule has 0 amide bonds. The van der Waals surface area contributed by atoms with Crippen LogP contribution in [0.4, 0.5) is 5.69 Å². The number of aromatic hydroxyl groups is 1. The monoisotopic (exact) mass is 417 g/mol. The molecule has 0 heterocycles. The van der Waals surface area contributed by atoms with Gasteiger partial charge in [-0.1, -0.05) is 66.7 Å². The molecule has 3 heteroatoms. The fourth-order valence-electron chi connectivity index (χ4n) is 4.37. The lowest BCUT2D eigenvalue weighted by atomic mass is 9.82. The van der Waals surface area contributed by atoms with Gasteiger partial charge in [0.05, 0.1) is 0 Å². The molecule has 0 unspecified atom stereocenters. The van der Waals surface area contributed by atoms with Gasteiger partial charge in [0, 0.05) is 30.7 Å². The third kappa shape index (κ3) is 3.28. The van der Waals surface area contributed by atoms with Crippen LogP contribution in [0.1, 0.15) is 27.0 Å². The summed E-state index contributed by atoms with van der Waals surface area (Å²) in [4.78, 5) is 14.6. The molecule has 0 aromatic heterocycles. The van der Waals surface area contributed by atoms with E-state index in [9.17, 15) is 9.90 Å². The molecule has 0 fully saturated rings. The molecule has 156 valence electrons. The molecule has 4 aromatic carbocycles. The lowest BCUT2D eigenvalue weighted by Gasteiger charge is -2.21. The van der Waals surface area contributed by atoms with Gasteiger partial charge in [-0.05, 0) is 63.6 Å². The van der Waals surface area contributed by atoms with Gasteiger partial charge in [0.2, 0.25) is 0 Å². The number of carbonyl (C=O) groups is 1. The third-order valence-electron chi connectivity index (χ3n) is 6.00. The first-order chi connectivity index (χ1) is 15.5. The fraction of sp³-hybridized carbons (Fsp3) is 0.0690. The van der Waals surface area contributed by atoms with Crippen LogP contribution in [-0.2, 0) is 0 Å². The van der Waals surface area contributed by atoms with Crippen LogP contribution in [0.3, 0.4) is 0 Å². The van der Waals surface area contributed by atoms with E-state index in [-0.39, 0.29) is 11.5 Å². The highest BCUT2D eigenvalue weighted by Gasteiger charge is 2.22. The van der Waals surface area contributed by atoms with E-state index in [0.29, 0.717) is 5.56 Å². The zero-order valence-electron chi connectivity index (χ0n) is 18.0. The topological polar surface area (TPSA) is 40.5 Å². The van der Waals surface area contributed by atoms with Gasteiger partial charge in [0.15, 0.2) is 5.78 Å². The van der Waals surface area contributed by atoms with Crippen molar-refractivity contribution >= 4 is 33.4 Å². The molecule has 0 bridgehead atoms. The van der Waals surface area contributed by atoms with Crippen LogP contribution in [0.2, 0.25) is 0 Å². The van der Waals surface area contributed by atoms with Crippen molar-refractivity contribution in [2.45, 2.75) is 0 Å². The predicted octanol–water partition coefficient (Wildman–Crippen LogP) is 6.32. The summed E-state index contributed by atoms with van der Waals surface area (Å²) >= 11 is 0. The van der Waals surface area contributed by atoms with Gasteiger partial charge in [0.25, 0.3) is 0 Å². The van der Waals surface area contributed by atoms with Crippen LogP contribution in [0, 0.1) is 0 Å². The Morgan fingerprint density at radius 3 is 2.09 bits per heavy atom. The number of hydrogen-bond acceptors (Lipinski definition) is 3. The number of nitrogens with zero attached hydrogens (tertiary/aromatic N) is 1. The molecule has 1 aliphatic carbocycles. The summed E-state index contributed by atoms with van der Waals surface area (Å²) in [7, 11) is 4.04. The van der Waals surface area contributed by atoms with E-state index in [1.165, 1.54) is 0 Å². The summed E-state index contributed by atoms with van der Waals surface area (Å²) < 4.78 is 0. The van der Waals surface area contributed by atoms with Crippen molar-refractivity contribution in [2.24, 2.45) is 0 Å². The largest absolute Gasteiger partial charge is 0.507 e. The maximum Gasteiger partial charge on any atom is 0.186 e. The Labute approximate surface area is 187 Å². The van der Waals surface area contributed by atoms with E-state index < -0.39 is 0 Å². The van der Waals surface area contributed by atoms with Crippen molar-refractivity contribution < 1.29 is 9.90 Å². The molecule has 1 aliphatic rings. The van der Waals surface area contributed by atoms with Gasteiger partial charge in [-0.25, -0.2) is 0 Å². The number of phenolic OH excluding ortho intramolecular Hbond substituents is 1. The summed E-state index contributed by atoms with van der Waals surface area (Å²) in [5, 5.41) is 12.2. The minimum Gasteiger partial charge on any atom is -0.507 e. The average Bonchev–Trinajstić information content (AvgIpc) is 2.83. The molecule has 0 saturated carbocycles. The molecule has 3 nitrogen and oxygen atoms in total. The van der Waals surface area contributed by atoms with Crippen LogP contribution in [0.5, 0.6) is 5.75 Å². The van der Waals surface area contributed by atoms with Crippen molar-refractivity contribution in [3.8, 4) is 5.75 Å². The second kappa shape index (κ2) is 7.86. The maximum atomic E-state index is 12.6. The second-order valence-electron chi connectivity index (χ2n) is 8.15. The second-order valence-corrected chi connectivity index (χ2v) is 8.15. The Kier molecular flexibility index (Phi) is 4.87. The van der Waals surface area contributed by atoms with Crippen LogP contribution < -0.4 is 4.90 Å². The van der Waals surface area contributed by atoms with Gasteiger partial charge < -0.3 is 10.0 Å². The first-order valence-corrected chi connectivity index (χ1v) is 10.6. The molecule has 0 atom stereocenters. The van der Waals surface area contributed by atoms with E-state index >= 15 is 0 Å². The number of phenols is 1. The van der Waals surface area contributed by atoms with Gasteiger partial charge in [-0.15, -0.1) is 0 Å². The number of fused-ring (bicyclic) bond motifs is 2. The van der Waals surface area contributed by atoms with Gasteiger partial charge in [-0.2, -0.15) is 0 Å². The molecule has 4 aromatic rings. The number of rotatable bonds is 3. The molecule has 32 heavy (non-hydrogen) atoms. The third-order valence-corrected chi connectivity index (χ3v) is 6.00. The minimum atomic E-state index is 0.0159. The van der Waals surface area contributed by atoms with Gasteiger partial charge in [0.1, 0.15) is 5.75 Å². The number of benzene rings is 4. The highest BCUT2D eigenvalue weighted by Crippen LogP contribution is 2.41. The smallest absolute Gasteiger partial charge is 0.186 e. The zero-order valence-corrected chi connectivity index (χ0v) is 18.0. The molecule has 1 N–H and O–H groups in total. The zero-order chi connectivity index (χ0) is 22.2. The van der Waals surface area contributed by atoms with Crippen LogP contribution in [0.25, 0.3) is 21.9 Å². The first kappa shape index (κ1) is 19.8. The predicted molar refractivity (Wildman–Crippen MR) is 132 cm³/mol. The summed E-state index contributed by atoms with van der Waals surface area (Å²) in [6.07, 6.45) is 3.57. The van der Waals surface area contributed by atoms with Gasteiger partial charge in [-0.3, -0.25) is 4.79 Å². The van der Waals surface area contributed by atoms with E-state index in [0.717, 1.165) is 44.3 Å². The molecular formula is C29H23NO2. The van der Waals surface area contributed by atoms with Crippen LogP contribution in [0.15, 0.2) is 97.1 Å². The minimum absolute atomic E-state index is 0.0159. The maximum absolute atomic E-state index is 12.6. The van der Waals surface area contributed by atoms with Crippen LogP contribution in [-0.4, -0.2) is 25.0 Å². The lowest BCUT2D eigenvalue weighted by molar-refractivity contribution is 0.104. The Balaban J connectivity index is 1.87. The Hall–Kier alpha value is -4.11. The summed E-state index contributed by atoms with van der Waals surface area (Å²) in [6.45, 7) is 0. The molecule has 5 rings (SSSR count). The van der Waals surface area contributed by atoms with E-state index in [2.05, 4.69) is 29.2 Å². The van der Waals surface area contributed by atoms with E-state index in [4.69, 9.17) is 0 Å². The Morgan fingerprint density at radius 1 is 0.719 bits per heavy atom. The highest BCUT2D eigenvalue weighted by atomic mass is 16.3. The van der Waals surface area contributed by atoms with Crippen molar-refractivity contribution in [2.75, 3.05) is 19.0 Å². The summed E-state index contributed by atoms with van der Waals surface area (Å²) in [6, 6.07) is 27.8. The first-order valence-electron chi connectivity index (χ1n) is 10.6. The van der Waals surface area contributed by atoms with Crippen molar-refractivity contribution in [1.29, 1.82) is 0 Å². The Morgan fingerprint density at radius 2 is 1.38 bits per heavy atom. The molecule has 0 spiro atoms. The van der Waals surface area contributed by atoms with Crippen molar-refractivity contribution in [3.63, 3.8) is 0 Å². The molecule has 0 aliphatic heterocycles.